The summed E-state index contributed by atoms with van der Waals surface area (Å²) in [6, 6.07) is 4.94. The average Bonchev–Trinajstić information content (AvgIpc) is 2.26. The van der Waals surface area contributed by atoms with E-state index in [9.17, 15) is 18.3 Å². The number of ether oxygens (including phenoxy) is 1. The number of nitrogens with two attached hydrogens (primary N) is 1. The number of rotatable bonds is 4. The van der Waals surface area contributed by atoms with Crippen LogP contribution in [0.15, 0.2) is 24.3 Å². The van der Waals surface area contributed by atoms with Crippen LogP contribution in [0.25, 0.3) is 0 Å². The Morgan fingerprint density at radius 1 is 1.15 bits per heavy atom. The zero-order valence-corrected chi connectivity index (χ0v) is 11.7. The third kappa shape index (κ3) is 5.38. The fourth-order valence-electron chi connectivity index (χ4n) is 1.62. The zero-order chi connectivity index (χ0) is 15.6. The van der Waals surface area contributed by atoms with Crippen molar-refractivity contribution in [3.8, 4) is 5.75 Å². The summed E-state index contributed by atoms with van der Waals surface area (Å²) in [4.78, 5) is 0. The lowest BCUT2D eigenvalue weighted by atomic mass is 9.83. The molecule has 0 amide bonds. The second kappa shape index (κ2) is 6.01. The van der Waals surface area contributed by atoms with Gasteiger partial charge in [-0.25, -0.2) is 0 Å². The zero-order valence-electron chi connectivity index (χ0n) is 11.7. The number of hydrogen-bond donors (Lipinski definition) is 2. The van der Waals surface area contributed by atoms with Gasteiger partial charge >= 0.3 is 6.36 Å². The monoisotopic (exact) mass is 291 g/mol. The number of halogens is 3. The molecule has 0 aliphatic heterocycles. The molecule has 0 unspecified atom stereocenters. The Morgan fingerprint density at radius 2 is 1.65 bits per heavy atom. The van der Waals surface area contributed by atoms with Crippen molar-refractivity contribution < 1.29 is 23.0 Å². The number of hydrogen-bond acceptors (Lipinski definition) is 3. The fraction of sp³-hybridized carbons (Fsp3) is 0.571. The minimum atomic E-state index is -4.71. The predicted octanol–water partition coefficient (Wildman–Crippen LogP) is 3.38. The lowest BCUT2D eigenvalue weighted by Gasteiger charge is -2.29. The van der Waals surface area contributed by atoms with E-state index in [1.807, 2.05) is 20.8 Å². The normalized spacial score (nSPS) is 15.8. The van der Waals surface area contributed by atoms with Crippen molar-refractivity contribution in [1.82, 2.24) is 0 Å². The first-order valence-electron chi connectivity index (χ1n) is 6.28. The van der Waals surface area contributed by atoms with E-state index in [0.717, 1.165) is 0 Å². The highest BCUT2D eigenvalue weighted by Crippen LogP contribution is 2.28. The molecule has 1 aromatic rings. The molecule has 3 nitrogen and oxygen atoms in total. The van der Waals surface area contributed by atoms with Crippen molar-refractivity contribution in [1.29, 1.82) is 0 Å². The molecule has 0 spiro atoms. The Bertz CT molecular complexity index is 424. The van der Waals surface area contributed by atoms with Crippen LogP contribution in [-0.4, -0.2) is 17.5 Å². The van der Waals surface area contributed by atoms with Crippen molar-refractivity contribution >= 4 is 0 Å². The SMILES string of the molecule is CC(C)(C)[C@H](N)C[C@@H](O)c1ccc(OC(F)(F)F)cc1. The van der Waals surface area contributed by atoms with Gasteiger partial charge in [0.1, 0.15) is 5.75 Å². The van der Waals surface area contributed by atoms with Crippen LogP contribution in [0.3, 0.4) is 0 Å². The largest absolute Gasteiger partial charge is 0.573 e. The van der Waals surface area contributed by atoms with Crippen LogP contribution in [0, 0.1) is 5.41 Å². The van der Waals surface area contributed by atoms with E-state index in [-0.39, 0.29) is 17.2 Å². The fourth-order valence-corrected chi connectivity index (χ4v) is 1.62. The Hall–Kier alpha value is -1.27. The number of benzene rings is 1. The predicted molar refractivity (Wildman–Crippen MR) is 70.1 cm³/mol. The summed E-state index contributed by atoms with van der Waals surface area (Å²) in [5.74, 6) is -0.312. The van der Waals surface area contributed by atoms with Gasteiger partial charge in [-0.1, -0.05) is 32.9 Å². The number of aliphatic hydroxyl groups excluding tert-OH is 1. The summed E-state index contributed by atoms with van der Waals surface area (Å²) < 4.78 is 39.8. The van der Waals surface area contributed by atoms with Gasteiger partial charge in [-0.05, 0) is 29.5 Å². The third-order valence-electron chi connectivity index (χ3n) is 3.09. The molecule has 0 aliphatic rings. The molecule has 20 heavy (non-hydrogen) atoms. The van der Waals surface area contributed by atoms with Crippen molar-refractivity contribution in [2.75, 3.05) is 0 Å². The molecule has 6 heteroatoms. The summed E-state index contributed by atoms with van der Waals surface area (Å²) in [6.45, 7) is 5.89. The molecule has 1 rings (SSSR count). The smallest absolute Gasteiger partial charge is 0.406 e. The van der Waals surface area contributed by atoms with Gasteiger partial charge in [0.25, 0.3) is 0 Å². The van der Waals surface area contributed by atoms with Crippen LogP contribution in [-0.2, 0) is 0 Å². The van der Waals surface area contributed by atoms with Crippen molar-refractivity contribution in [3.05, 3.63) is 29.8 Å². The van der Waals surface area contributed by atoms with Gasteiger partial charge in [0.15, 0.2) is 0 Å². The molecular formula is C14H20F3NO2. The third-order valence-corrected chi connectivity index (χ3v) is 3.09. The highest BCUT2D eigenvalue weighted by Gasteiger charge is 2.31. The van der Waals surface area contributed by atoms with Crippen LogP contribution >= 0.6 is 0 Å². The summed E-state index contributed by atoms with van der Waals surface area (Å²) in [7, 11) is 0. The minimum absolute atomic E-state index is 0.152. The van der Waals surface area contributed by atoms with Crippen LogP contribution < -0.4 is 10.5 Å². The summed E-state index contributed by atoms with van der Waals surface area (Å²) >= 11 is 0. The van der Waals surface area contributed by atoms with Gasteiger partial charge in [-0.15, -0.1) is 13.2 Å². The van der Waals surface area contributed by atoms with Crippen molar-refractivity contribution in [2.24, 2.45) is 11.1 Å². The van der Waals surface area contributed by atoms with Gasteiger partial charge < -0.3 is 15.6 Å². The van der Waals surface area contributed by atoms with E-state index in [2.05, 4.69) is 4.74 Å². The summed E-state index contributed by atoms with van der Waals surface area (Å²) in [6.07, 6.45) is -5.19. The first-order chi connectivity index (χ1) is 8.99. The van der Waals surface area contributed by atoms with Gasteiger partial charge in [0.05, 0.1) is 6.10 Å². The summed E-state index contributed by atoms with van der Waals surface area (Å²) in [5.41, 5.74) is 6.33. The number of alkyl halides is 3. The molecular weight excluding hydrogens is 271 g/mol. The topological polar surface area (TPSA) is 55.5 Å². The van der Waals surface area contributed by atoms with Crippen molar-refractivity contribution in [3.63, 3.8) is 0 Å². The van der Waals surface area contributed by atoms with Crippen molar-refractivity contribution in [2.45, 2.75) is 45.7 Å². The van der Waals surface area contributed by atoms with Gasteiger partial charge in [-0.3, -0.25) is 0 Å². The maximum Gasteiger partial charge on any atom is 0.573 e. The standard InChI is InChI=1S/C14H20F3NO2/c1-13(2,3)12(18)8-11(19)9-4-6-10(7-5-9)20-14(15,16)17/h4-7,11-12,19H,8,18H2,1-3H3/t11-,12-/m1/s1. The molecule has 0 aliphatic carbocycles. The first-order valence-corrected chi connectivity index (χ1v) is 6.28. The molecule has 3 N–H and O–H groups in total. The first kappa shape index (κ1) is 16.8. The second-order valence-corrected chi connectivity index (χ2v) is 5.84. The molecule has 0 heterocycles. The Kier molecular flexibility index (Phi) is 5.05. The van der Waals surface area contributed by atoms with Gasteiger partial charge in [0.2, 0.25) is 0 Å². The van der Waals surface area contributed by atoms with E-state index in [0.29, 0.717) is 12.0 Å². The van der Waals surface area contributed by atoms with Crippen LogP contribution in [0.5, 0.6) is 5.75 Å². The Morgan fingerprint density at radius 3 is 2.05 bits per heavy atom. The molecule has 0 radical (unpaired) electrons. The van der Waals surface area contributed by atoms with E-state index in [4.69, 9.17) is 5.73 Å². The molecule has 0 saturated carbocycles. The van der Waals surface area contributed by atoms with Crippen LogP contribution in [0.4, 0.5) is 13.2 Å². The molecule has 0 fully saturated rings. The maximum absolute atomic E-state index is 12.0. The average molecular weight is 291 g/mol. The maximum atomic E-state index is 12.0. The van der Waals surface area contributed by atoms with Crippen LogP contribution in [0.1, 0.15) is 38.9 Å². The lowest BCUT2D eigenvalue weighted by molar-refractivity contribution is -0.274. The van der Waals surface area contributed by atoms with Gasteiger partial charge in [-0.2, -0.15) is 0 Å². The van der Waals surface area contributed by atoms with Crippen LogP contribution in [0.2, 0.25) is 0 Å². The molecule has 1 aromatic carbocycles. The van der Waals surface area contributed by atoms with E-state index < -0.39 is 12.5 Å². The Labute approximate surface area is 116 Å². The van der Waals surface area contributed by atoms with E-state index in [1.165, 1.54) is 24.3 Å². The highest BCUT2D eigenvalue weighted by molar-refractivity contribution is 5.28. The molecule has 114 valence electrons. The number of aliphatic hydroxyl groups is 1. The van der Waals surface area contributed by atoms with E-state index >= 15 is 0 Å². The molecule has 2 atom stereocenters. The Balaban J connectivity index is 2.69. The minimum Gasteiger partial charge on any atom is -0.406 e. The van der Waals surface area contributed by atoms with E-state index in [1.54, 1.807) is 0 Å². The molecule has 0 aromatic heterocycles. The second-order valence-electron chi connectivity index (χ2n) is 5.84. The lowest BCUT2D eigenvalue weighted by Crippen LogP contribution is -2.36. The molecule has 0 saturated heterocycles. The highest BCUT2D eigenvalue weighted by atomic mass is 19.4. The van der Waals surface area contributed by atoms with Gasteiger partial charge in [0, 0.05) is 6.04 Å². The molecule has 0 bridgehead atoms. The summed E-state index contributed by atoms with van der Waals surface area (Å²) in [5, 5.41) is 10.0. The quantitative estimate of drug-likeness (QED) is 0.894.